The van der Waals surface area contributed by atoms with Gasteiger partial charge < -0.3 is 0 Å². The highest BCUT2D eigenvalue weighted by Crippen LogP contribution is 2.25. The number of nitrogens with zero attached hydrogens (tertiary/aromatic N) is 2. The summed E-state index contributed by atoms with van der Waals surface area (Å²) in [5.41, 5.74) is 2.97. The molecule has 1 amide bonds. The van der Waals surface area contributed by atoms with Gasteiger partial charge in [-0.1, -0.05) is 23.9 Å². The summed E-state index contributed by atoms with van der Waals surface area (Å²) in [5, 5.41) is 0.801. The number of rotatable bonds is 0. The van der Waals surface area contributed by atoms with Crippen LogP contribution >= 0.6 is 11.8 Å². The molecule has 3 rings (SSSR count). The van der Waals surface area contributed by atoms with Crippen LogP contribution < -0.4 is 11.0 Å². The smallest absolute Gasteiger partial charge is 0.272 e. The van der Waals surface area contributed by atoms with Crippen molar-refractivity contribution in [3.8, 4) is 0 Å². The second kappa shape index (κ2) is 3.59. The van der Waals surface area contributed by atoms with Crippen LogP contribution in [0.5, 0.6) is 0 Å². The van der Waals surface area contributed by atoms with Crippen molar-refractivity contribution in [3.63, 3.8) is 0 Å². The monoisotopic (exact) mass is 247 g/mol. The number of thioether (sulfide) groups is 1. The molecule has 1 aromatic heterocycles. The third-order valence-electron chi connectivity index (χ3n) is 2.62. The quantitative estimate of drug-likeness (QED) is 0.704. The number of fused-ring (bicyclic) bond motifs is 2. The third-order valence-corrected chi connectivity index (χ3v) is 3.67. The first kappa shape index (κ1) is 10.3. The molecule has 0 aliphatic carbocycles. The molecule has 86 valence electrons. The van der Waals surface area contributed by atoms with Gasteiger partial charge in [0, 0.05) is 0 Å². The summed E-state index contributed by atoms with van der Waals surface area (Å²) in [7, 11) is 0. The molecule has 1 N–H and O–H groups in total. The maximum atomic E-state index is 12.1. The van der Waals surface area contributed by atoms with Gasteiger partial charge in [0.2, 0.25) is 0 Å². The molecule has 1 aromatic carbocycles. The molecular formula is C11H9N3O2S. The van der Waals surface area contributed by atoms with Crippen LogP contribution in [0, 0.1) is 0 Å². The molecule has 0 saturated carbocycles. The second-order valence-electron chi connectivity index (χ2n) is 3.79. The maximum Gasteiger partial charge on any atom is 0.281 e. The summed E-state index contributed by atoms with van der Waals surface area (Å²) in [4.78, 5) is 28.0. The highest BCUT2D eigenvalue weighted by molar-refractivity contribution is 8.00. The Bertz CT molecular complexity index is 680. The van der Waals surface area contributed by atoms with Crippen LogP contribution in [-0.4, -0.2) is 20.8 Å². The lowest BCUT2D eigenvalue weighted by Gasteiger charge is -2.21. The zero-order chi connectivity index (χ0) is 12.0. The number of amides is 1. The van der Waals surface area contributed by atoms with Crippen molar-refractivity contribution in [1.29, 1.82) is 0 Å². The van der Waals surface area contributed by atoms with E-state index in [1.807, 2.05) is 6.07 Å². The average Bonchev–Trinajstić information content (AvgIpc) is 2.32. The highest BCUT2D eigenvalue weighted by Gasteiger charge is 2.25. The molecule has 0 radical (unpaired) electrons. The molecule has 1 atom stereocenters. The average molecular weight is 247 g/mol. The Labute approximate surface area is 101 Å². The van der Waals surface area contributed by atoms with E-state index in [4.69, 9.17) is 0 Å². The van der Waals surface area contributed by atoms with Crippen LogP contribution in [-0.2, 0) is 4.79 Å². The Morgan fingerprint density at radius 2 is 2.12 bits per heavy atom. The minimum atomic E-state index is -0.238. The summed E-state index contributed by atoms with van der Waals surface area (Å²) in [6.07, 6.45) is 0. The number of hydrogen-bond donors (Lipinski definition) is 1. The largest absolute Gasteiger partial charge is 0.281 e. The van der Waals surface area contributed by atoms with Gasteiger partial charge in [-0.3, -0.25) is 15.0 Å². The van der Waals surface area contributed by atoms with Crippen LogP contribution in [0.1, 0.15) is 6.92 Å². The summed E-state index contributed by atoms with van der Waals surface area (Å²) in [6, 6.07) is 7.10. The van der Waals surface area contributed by atoms with Crippen molar-refractivity contribution in [1.82, 2.24) is 9.66 Å². The van der Waals surface area contributed by atoms with E-state index >= 15 is 0 Å². The predicted octanol–water partition coefficient (Wildman–Crippen LogP) is 0.961. The molecule has 17 heavy (non-hydrogen) atoms. The Balaban J connectivity index is 2.33. The van der Waals surface area contributed by atoms with Crippen molar-refractivity contribution in [2.75, 3.05) is 5.43 Å². The lowest BCUT2D eigenvalue weighted by Crippen LogP contribution is -2.42. The van der Waals surface area contributed by atoms with E-state index in [0.29, 0.717) is 16.1 Å². The van der Waals surface area contributed by atoms with Gasteiger partial charge in [0.15, 0.2) is 5.16 Å². The third kappa shape index (κ3) is 1.52. The molecule has 6 heteroatoms. The standard InChI is InChI=1S/C11H9N3O2S/c1-6-9(15)13-14-10(16)7-4-2-3-5-8(7)12-11(14)17-6/h2-6H,1H3,(H,13,15). The van der Waals surface area contributed by atoms with E-state index in [0.717, 1.165) is 0 Å². The lowest BCUT2D eigenvalue weighted by atomic mass is 10.2. The molecule has 2 aromatic rings. The van der Waals surface area contributed by atoms with Gasteiger partial charge in [-0.25, -0.2) is 4.98 Å². The van der Waals surface area contributed by atoms with E-state index in [2.05, 4.69) is 10.4 Å². The van der Waals surface area contributed by atoms with Gasteiger partial charge in [-0.15, -0.1) is 0 Å². The van der Waals surface area contributed by atoms with Gasteiger partial charge in [-0.05, 0) is 19.1 Å². The molecule has 5 nitrogen and oxygen atoms in total. The van der Waals surface area contributed by atoms with Crippen molar-refractivity contribution in [2.45, 2.75) is 17.3 Å². The minimum absolute atomic E-state index is 0.179. The number of nitrogens with one attached hydrogen (secondary N) is 1. The summed E-state index contributed by atoms with van der Waals surface area (Å²) < 4.78 is 1.22. The van der Waals surface area contributed by atoms with Gasteiger partial charge >= 0.3 is 0 Å². The van der Waals surface area contributed by atoms with Crippen LogP contribution in [0.2, 0.25) is 0 Å². The molecule has 0 saturated heterocycles. The molecular weight excluding hydrogens is 238 g/mol. The molecule has 0 fully saturated rings. The fourth-order valence-electron chi connectivity index (χ4n) is 1.70. The highest BCUT2D eigenvalue weighted by atomic mass is 32.2. The zero-order valence-electron chi connectivity index (χ0n) is 9.01. The first-order valence-corrected chi connectivity index (χ1v) is 6.04. The molecule has 1 aliphatic heterocycles. The fourth-order valence-corrected chi connectivity index (χ4v) is 2.56. The van der Waals surface area contributed by atoms with Crippen molar-refractivity contribution in [3.05, 3.63) is 34.6 Å². The minimum Gasteiger partial charge on any atom is -0.272 e. The van der Waals surface area contributed by atoms with E-state index in [-0.39, 0.29) is 16.7 Å². The van der Waals surface area contributed by atoms with Gasteiger partial charge in [-0.2, -0.15) is 4.68 Å². The normalized spacial score (nSPS) is 18.9. The van der Waals surface area contributed by atoms with E-state index in [9.17, 15) is 9.59 Å². The first-order chi connectivity index (χ1) is 8.16. The van der Waals surface area contributed by atoms with Crippen LogP contribution in [0.15, 0.2) is 34.2 Å². The Morgan fingerprint density at radius 3 is 2.94 bits per heavy atom. The lowest BCUT2D eigenvalue weighted by molar-refractivity contribution is -0.116. The molecule has 0 spiro atoms. The van der Waals surface area contributed by atoms with Gasteiger partial charge in [0.1, 0.15) is 0 Å². The van der Waals surface area contributed by atoms with Crippen LogP contribution in [0.25, 0.3) is 10.9 Å². The number of carbonyl (C=O) groups is 1. The zero-order valence-corrected chi connectivity index (χ0v) is 9.82. The van der Waals surface area contributed by atoms with E-state index in [1.165, 1.54) is 16.4 Å². The van der Waals surface area contributed by atoms with E-state index < -0.39 is 0 Å². The number of carbonyl (C=O) groups excluding carboxylic acids is 1. The summed E-state index contributed by atoms with van der Waals surface area (Å²) in [5.74, 6) is -0.179. The van der Waals surface area contributed by atoms with Crippen LogP contribution in [0.3, 0.4) is 0 Å². The first-order valence-electron chi connectivity index (χ1n) is 5.16. The molecule has 0 bridgehead atoms. The van der Waals surface area contributed by atoms with Gasteiger partial charge in [0.05, 0.1) is 16.2 Å². The predicted molar refractivity (Wildman–Crippen MR) is 65.7 cm³/mol. The van der Waals surface area contributed by atoms with Crippen molar-refractivity contribution >= 4 is 28.6 Å². The number of hydrogen-bond acceptors (Lipinski definition) is 4. The molecule has 1 unspecified atom stereocenters. The molecule has 2 heterocycles. The van der Waals surface area contributed by atoms with Crippen molar-refractivity contribution in [2.24, 2.45) is 0 Å². The number of aromatic nitrogens is 2. The Hall–Kier alpha value is -1.82. The topological polar surface area (TPSA) is 64.0 Å². The van der Waals surface area contributed by atoms with E-state index in [1.54, 1.807) is 25.1 Å². The number of benzene rings is 1. The Morgan fingerprint density at radius 1 is 1.35 bits per heavy atom. The SMILES string of the molecule is CC1Sc2nc3ccccc3c(=O)n2NC1=O. The fraction of sp³-hybridized carbons (Fsp3) is 0.182. The summed E-state index contributed by atoms with van der Waals surface area (Å²) in [6.45, 7) is 1.78. The second-order valence-corrected chi connectivity index (χ2v) is 5.10. The van der Waals surface area contributed by atoms with Crippen molar-refractivity contribution < 1.29 is 4.79 Å². The number of para-hydroxylation sites is 1. The van der Waals surface area contributed by atoms with Gasteiger partial charge in [0.25, 0.3) is 11.5 Å². The Kier molecular flexibility index (Phi) is 2.19. The molecule has 1 aliphatic rings. The maximum absolute atomic E-state index is 12.1. The van der Waals surface area contributed by atoms with Crippen LogP contribution in [0.4, 0.5) is 0 Å². The summed E-state index contributed by atoms with van der Waals surface area (Å²) >= 11 is 1.29.